The third-order valence-corrected chi connectivity index (χ3v) is 5.53. The number of hydrogen-bond donors (Lipinski definition) is 2. The van der Waals surface area contributed by atoms with Crippen molar-refractivity contribution in [3.05, 3.63) is 64.7 Å². The lowest BCUT2D eigenvalue weighted by molar-refractivity contribution is 0.0917. The maximum atomic E-state index is 12.8. The number of hydrogen-bond acceptors (Lipinski definition) is 3. The zero-order valence-corrected chi connectivity index (χ0v) is 16.7. The number of fused-ring (bicyclic) bond motifs is 1. The number of ether oxygens (including phenoxy) is 1. The van der Waals surface area contributed by atoms with E-state index in [1.165, 1.54) is 0 Å². The van der Waals surface area contributed by atoms with Gasteiger partial charge in [-0.15, -0.1) is 0 Å². The predicted molar refractivity (Wildman–Crippen MR) is 114 cm³/mol. The second-order valence-electron chi connectivity index (χ2n) is 7.35. The number of nitrogens with one attached hydrogen (secondary N) is 2. The maximum absolute atomic E-state index is 12.8. The summed E-state index contributed by atoms with van der Waals surface area (Å²) in [6.07, 6.45) is 10.7. The molecule has 150 valence electrons. The molecule has 0 unspecified atom stereocenters. The van der Waals surface area contributed by atoms with Crippen LogP contribution < -0.4 is 15.6 Å². The first-order valence-corrected chi connectivity index (χ1v) is 9.93. The Bertz CT molecular complexity index is 1140. The molecule has 0 saturated heterocycles. The first-order valence-electron chi connectivity index (χ1n) is 9.93. The molecule has 6 nitrogen and oxygen atoms in total. The van der Waals surface area contributed by atoms with Crippen LogP contribution in [0.2, 0.25) is 0 Å². The maximum Gasteiger partial charge on any atom is 0.275 e. The van der Waals surface area contributed by atoms with Crippen LogP contribution in [0.4, 0.5) is 0 Å². The Kier molecular flexibility index (Phi) is 5.25. The van der Waals surface area contributed by atoms with Crippen LogP contribution in [0.5, 0.6) is 5.75 Å². The molecule has 0 spiro atoms. The molecule has 0 aliphatic heterocycles. The third kappa shape index (κ3) is 3.58. The van der Waals surface area contributed by atoms with E-state index in [9.17, 15) is 9.59 Å². The molecule has 2 N–H and O–H groups in total. The van der Waals surface area contributed by atoms with Crippen molar-refractivity contribution in [1.29, 1.82) is 0 Å². The first kappa shape index (κ1) is 19.1. The van der Waals surface area contributed by atoms with Crippen LogP contribution >= 0.6 is 0 Å². The lowest BCUT2D eigenvalue weighted by Crippen LogP contribution is -2.39. The van der Waals surface area contributed by atoms with E-state index in [0.29, 0.717) is 23.4 Å². The van der Waals surface area contributed by atoms with E-state index in [0.717, 1.165) is 35.8 Å². The molecule has 1 aliphatic rings. The highest BCUT2D eigenvalue weighted by Gasteiger charge is 2.21. The summed E-state index contributed by atoms with van der Waals surface area (Å²) in [7, 11) is 1.61. The van der Waals surface area contributed by atoms with Gasteiger partial charge in [0.25, 0.3) is 11.5 Å². The fourth-order valence-corrected chi connectivity index (χ4v) is 3.65. The lowest BCUT2D eigenvalue weighted by Gasteiger charge is -2.26. The number of allylic oxidation sites excluding steroid dienone is 2. The van der Waals surface area contributed by atoms with Crippen molar-refractivity contribution in [3.8, 4) is 16.9 Å². The SMILES string of the molecule is CC=CCn1cc(-c2cc(C(=O)NC3CCC3)ccc2OC)c2cc[nH]c2c1=O. The van der Waals surface area contributed by atoms with E-state index in [4.69, 9.17) is 4.74 Å². The minimum atomic E-state index is -0.0790. The van der Waals surface area contributed by atoms with Gasteiger partial charge in [0.2, 0.25) is 0 Å². The van der Waals surface area contributed by atoms with Gasteiger partial charge in [-0.05, 0) is 50.5 Å². The summed E-state index contributed by atoms with van der Waals surface area (Å²) < 4.78 is 7.24. The molecule has 3 aromatic rings. The molecule has 1 saturated carbocycles. The largest absolute Gasteiger partial charge is 0.496 e. The number of aromatic amines is 1. The van der Waals surface area contributed by atoms with Crippen LogP contribution in [0.25, 0.3) is 22.0 Å². The predicted octanol–water partition coefficient (Wildman–Crippen LogP) is 3.86. The number of H-pyrrole nitrogens is 1. The van der Waals surface area contributed by atoms with Gasteiger partial charge in [0.05, 0.1) is 7.11 Å². The molecule has 6 heteroatoms. The molecular formula is C23H25N3O3. The molecule has 2 heterocycles. The molecule has 0 radical (unpaired) electrons. The summed E-state index contributed by atoms with van der Waals surface area (Å²) in [6.45, 7) is 2.40. The van der Waals surface area contributed by atoms with E-state index in [-0.39, 0.29) is 17.5 Å². The quantitative estimate of drug-likeness (QED) is 0.627. The zero-order chi connectivity index (χ0) is 20.4. The minimum absolute atomic E-state index is 0.0776. The average Bonchev–Trinajstić information content (AvgIpc) is 3.20. The van der Waals surface area contributed by atoms with Gasteiger partial charge in [0.15, 0.2) is 0 Å². The van der Waals surface area contributed by atoms with Crippen LogP contribution in [0.3, 0.4) is 0 Å². The number of carbonyl (C=O) groups is 1. The van der Waals surface area contributed by atoms with Gasteiger partial charge in [0.1, 0.15) is 11.3 Å². The summed E-state index contributed by atoms with van der Waals surface area (Å²) >= 11 is 0. The van der Waals surface area contributed by atoms with Crippen LogP contribution in [0.15, 0.2) is 53.6 Å². The summed E-state index contributed by atoms with van der Waals surface area (Å²) in [6, 6.07) is 7.59. The van der Waals surface area contributed by atoms with Crippen molar-refractivity contribution < 1.29 is 9.53 Å². The second-order valence-corrected chi connectivity index (χ2v) is 7.35. The van der Waals surface area contributed by atoms with Crippen molar-refractivity contribution in [2.45, 2.75) is 38.8 Å². The Labute approximate surface area is 169 Å². The van der Waals surface area contributed by atoms with Crippen LogP contribution in [-0.4, -0.2) is 28.6 Å². The van der Waals surface area contributed by atoms with Crippen LogP contribution in [0.1, 0.15) is 36.5 Å². The highest BCUT2D eigenvalue weighted by molar-refractivity contribution is 6.00. The van der Waals surface area contributed by atoms with Gasteiger partial charge in [-0.3, -0.25) is 9.59 Å². The summed E-state index contributed by atoms with van der Waals surface area (Å²) in [5.41, 5.74) is 2.68. The standard InChI is InChI=1S/C23H25N3O3/c1-3-4-12-26-14-19(17-10-11-24-21(17)23(26)28)18-13-15(8-9-20(18)29-2)22(27)25-16-6-5-7-16/h3-4,8-11,13-14,16,24H,5-7,12H2,1-2H3,(H,25,27). The van der Waals surface area contributed by atoms with Gasteiger partial charge in [-0.25, -0.2) is 0 Å². The molecule has 0 bridgehead atoms. The first-order chi connectivity index (χ1) is 14.1. The number of rotatable bonds is 6. The Morgan fingerprint density at radius 3 is 2.83 bits per heavy atom. The van der Waals surface area contributed by atoms with Crippen molar-refractivity contribution in [2.75, 3.05) is 7.11 Å². The molecule has 29 heavy (non-hydrogen) atoms. The van der Waals surface area contributed by atoms with Gasteiger partial charge in [0, 0.05) is 47.1 Å². The van der Waals surface area contributed by atoms with E-state index in [1.54, 1.807) is 23.9 Å². The lowest BCUT2D eigenvalue weighted by atomic mass is 9.92. The van der Waals surface area contributed by atoms with Crippen molar-refractivity contribution >= 4 is 16.8 Å². The number of aromatic nitrogens is 2. The number of carbonyl (C=O) groups excluding carboxylic acids is 1. The monoisotopic (exact) mass is 391 g/mol. The summed E-state index contributed by atoms with van der Waals surface area (Å²) in [4.78, 5) is 28.5. The molecule has 1 aliphatic carbocycles. The number of nitrogens with zero attached hydrogens (tertiary/aromatic N) is 1. The van der Waals surface area contributed by atoms with Crippen molar-refractivity contribution in [2.24, 2.45) is 0 Å². The molecule has 0 atom stereocenters. The minimum Gasteiger partial charge on any atom is -0.496 e. The van der Waals surface area contributed by atoms with Crippen molar-refractivity contribution in [3.63, 3.8) is 0 Å². The summed E-state index contributed by atoms with van der Waals surface area (Å²) in [5.74, 6) is 0.579. The van der Waals surface area contributed by atoms with Crippen LogP contribution in [0, 0.1) is 0 Å². The Hall–Kier alpha value is -3.28. The highest BCUT2D eigenvalue weighted by atomic mass is 16.5. The zero-order valence-electron chi connectivity index (χ0n) is 16.7. The van der Waals surface area contributed by atoms with Crippen molar-refractivity contribution in [1.82, 2.24) is 14.9 Å². The van der Waals surface area contributed by atoms with Gasteiger partial charge < -0.3 is 19.6 Å². The Balaban J connectivity index is 1.84. The topological polar surface area (TPSA) is 76.1 Å². The van der Waals surface area contributed by atoms with E-state index in [1.807, 2.05) is 43.5 Å². The molecule has 1 amide bonds. The molecule has 4 rings (SSSR count). The van der Waals surface area contributed by atoms with Gasteiger partial charge >= 0.3 is 0 Å². The molecule has 1 aromatic carbocycles. The summed E-state index contributed by atoms with van der Waals surface area (Å²) in [5, 5.41) is 3.89. The van der Waals surface area contributed by atoms with Crippen LogP contribution in [-0.2, 0) is 6.54 Å². The Morgan fingerprint density at radius 1 is 1.31 bits per heavy atom. The fourth-order valence-electron chi connectivity index (χ4n) is 3.65. The van der Waals surface area contributed by atoms with E-state index >= 15 is 0 Å². The number of benzene rings is 1. The fraction of sp³-hybridized carbons (Fsp3) is 0.304. The number of methoxy groups -OCH3 is 1. The average molecular weight is 391 g/mol. The van der Waals surface area contributed by atoms with E-state index < -0.39 is 0 Å². The number of pyridine rings is 1. The van der Waals surface area contributed by atoms with Gasteiger partial charge in [-0.2, -0.15) is 0 Å². The van der Waals surface area contributed by atoms with Gasteiger partial charge in [-0.1, -0.05) is 12.2 Å². The number of amides is 1. The van der Waals surface area contributed by atoms with E-state index in [2.05, 4.69) is 10.3 Å². The Morgan fingerprint density at radius 2 is 2.14 bits per heavy atom. The second kappa shape index (κ2) is 7.99. The molecular weight excluding hydrogens is 366 g/mol. The highest BCUT2D eigenvalue weighted by Crippen LogP contribution is 2.35. The normalized spacial score (nSPS) is 14.3. The smallest absolute Gasteiger partial charge is 0.275 e. The third-order valence-electron chi connectivity index (χ3n) is 5.53. The molecule has 1 fully saturated rings. The molecule has 2 aromatic heterocycles.